The van der Waals surface area contributed by atoms with E-state index in [2.05, 4.69) is 5.32 Å². The predicted octanol–water partition coefficient (Wildman–Crippen LogP) is 2.53. The molecule has 4 rings (SSSR count). The molecule has 2 aromatic carbocycles. The van der Waals surface area contributed by atoms with Gasteiger partial charge < -0.3 is 34.6 Å². The number of carbonyl (C=O) groups is 1. The van der Waals surface area contributed by atoms with E-state index in [-0.39, 0.29) is 30.5 Å². The van der Waals surface area contributed by atoms with Crippen molar-refractivity contribution in [3.8, 4) is 0 Å². The highest BCUT2D eigenvalue weighted by Crippen LogP contribution is 2.25. The number of likely N-dealkylation sites (tertiary alicyclic amines) is 1. The van der Waals surface area contributed by atoms with Crippen LogP contribution in [0.25, 0.3) is 0 Å². The third-order valence-electron chi connectivity index (χ3n) is 6.60. The first kappa shape index (κ1) is 27.7. The molecule has 0 aromatic heterocycles. The minimum Gasteiger partial charge on any atom is -0.465 e. The molecular formula is C27H34N2O8S. The lowest BCUT2D eigenvalue weighted by Gasteiger charge is -2.29. The van der Waals surface area contributed by atoms with Crippen LogP contribution in [-0.4, -0.2) is 80.1 Å². The van der Waals surface area contributed by atoms with Crippen LogP contribution in [0, 0.1) is 0 Å². The summed E-state index contributed by atoms with van der Waals surface area (Å²) in [5.74, 6) is 0.243. The van der Waals surface area contributed by atoms with Gasteiger partial charge in [0.1, 0.15) is 12.7 Å². The molecule has 0 radical (unpaired) electrons. The number of hydrogen-bond acceptors (Lipinski definition) is 8. The van der Waals surface area contributed by atoms with Gasteiger partial charge in [0.05, 0.1) is 10.1 Å². The molecule has 1 amide bonds. The van der Waals surface area contributed by atoms with E-state index in [1.165, 1.54) is 11.2 Å². The van der Waals surface area contributed by atoms with Crippen LogP contribution in [0.3, 0.4) is 0 Å². The maximum absolute atomic E-state index is 12.9. The second-order valence-corrected chi connectivity index (χ2v) is 11.6. The molecule has 2 aromatic rings. The largest absolute Gasteiger partial charge is 0.465 e. The molecular weight excluding hydrogens is 512 g/mol. The van der Waals surface area contributed by atoms with Gasteiger partial charge in [-0.05, 0) is 49.1 Å². The third kappa shape index (κ3) is 7.62. The van der Waals surface area contributed by atoms with Crippen LogP contribution < -0.4 is 5.32 Å². The fourth-order valence-corrected chi connectivity index (χ4v) is 6.15. The number of rotatable bonds is 12. The van der Waals surface area contributed by atoms with Crippen molar-refractivity contribution >= 4 is 15.9 Å². The van der Waals surface area contributed by atoms with E-state index in [9.17, 15) is 18.3 Å². The van der Waals surface area contributed by atoms with Crippen molar-refractivity contribution in [1.82, 2.24) is 10.2 Å². The standard InChI is InChI=1S/C27H34N2O8S/c30-22(18-35-26-19-36-25(37-26)16-21-4-2-1-3-5-21)17-28-13-10-20-6-8-23(9-7-20)38(33,34)24-11-14-29(15-12-24)27(31)32/h1-9,19,22,24-25,28,30H,10-18H2,(H,31,32)/t22-,25?/m0/s1. The number of nitrogens with one attached hydrogen (secondary N) is 1. The van der Waals surface area contributed by atoms with E-state index < -0.39 is 33.6 Å². The minimum absolute atomic E-state index is 0.0538. The van der Waals surface area contributed by atoms with Crippen molar-refractivity contribution < 1.29 is 37.6 Å². The summed E-state index contributed by atoms with van der Waals surface area (Å²) in [4.78, 5) is 12.6. The summed E-state index contributed by atoms with van der Waals surface area (Å²) < 4.78 is 42.4. The summed E-state index contributed by atoms with van der Waals surface area (Å²) in [6.45, 7) is 1.43. The van der Waals surface area contributed by atoms with Gasteiger partial charge in [-0.1, -0.05) is 42.5 Å². The van der Waals surface area contributed by atoms with Crippen LogP contribution in [0.5, 0.6) is 0 Å². The number of aliphatic hydroxyl groups is 1. The molecule has 0 bridgehead atoms. The average molecular weight is 547 g/mol. The van der Waals surface area contributed by atoms with Gasteiger partial charge in [0, 0.05) is 26.1 Å². The third-order valence-corrected chi connectivity index (χ3v) is 8.88. The lowest BCUT2D eigenvalue weighted by molar-refractivity contribution is -0.0784. The number of sulfone groups is 1. The van der Waals surface area contributed by atoms with Gasteiger partial charge in [-0.3, -0.25) is 0 Å². The molecule has 2 heterocycles. The zero-order valence-electron chi connectivity index (χ0n) is 21.1. The Hall–Kier alpha value is -3.28. The number of ether oxygens (including phenoxy) is 3. The first-order valence-electron chi connectivity index (χ1n) is 12.7. The number of amides is 1. The second kappa shape index (κ2) is 13.0. The molecule has 2 aliphatic heterocycles. The predicted molar refractivity (Wildman–Crippen MR) is 139 cm³/mol. The van der Waals surface area contributed by atoms with Crippen LogP contribution in [-0.2, 0) is 36.9 Å². The Balaban J connectivity index is 1.11. The van der Waals surface area contributed by atoms with Crippen molar-refractivity contribution in [2.45, 2.75) is 48.2 Å². The fraction of sp³-hybridized carbons (Fsp3) is 0.444. The molecule has 1 unspecified atom stereocenters. The summed E-state index contributed by atoms with van der Waals surface area (Å²) in [5.41, 5.74) is 2.06. The van der Waals surface area contributed by atoms with Gasteiger partial charge in [0.15, 0.2) is 16.1 Å². The molecule has 1 fully saturated rings. The first-order valence-corrected chi connectivity index (χ1v) is 14.2. The van der Waals surface area contributed by atoms with Gasteiger partial charge in [-0.2, -0.15) is 0 Å². The van der Waals surface area contributed by atoms with Crippen LogP contribution in [0.2, 0.25) is 0 Å². The van der Waals surface area contributed by atoms with Gasteiger partial charge in [0.25, 0.3) is 0 Å². The Morgan fingerprint density at radius 2 is 1.79 bits per heavy atom. The fourth-order valence-electron chi connectivity index (χ4n) is 4.42. The first-order chi connectivity index (χ1) is 18.3. The summed E-state index contributed by atoms with van der Waals surface area (Å²) in [7, 11) is -3.50. The highest BCUT2D eigenvalue weighted by atomic mass is 32.2. The average Bonchev–Trinajstić information content (AvgIpc) is 3.38. The normalized spacial score (nSPS) is 18.8. The minimum atomic E-state index is -3.50. The van der Waals surface area contributed by atoms with Crippen LogP contribution in [0.15, 0.2) is 71.7 Å². The van der Waals surface area contributed by atoms with Gasteiger partial charge in [-0.25, -0.2) is 13.2 Å². The zero-order chi connectivity index (χ0) is 27.0. The molecule has 11 heteroatoms. The molecule has 2 aliphatic rings. The monoisotopic (exact) mass is 546 g/mol. The number of aliphatic hydroxyl groups excluding tert-OH is 1. The Kier molecular flexibility index (Phi) is 9.48. The number of carboxylic acid groups (broad SMARTS) is 1. The second-order valence-electron chi connectivity index (χ2n) is 9.39. The highest BCUT2D eigenvalue weighted by molar-refractivity contribution is 7.92. The zero-order valence-corrected chi connectivity index (χ0v) is 21.9. The van der Waals surface area contributed by atoms with Gasteiger partial charge in [-0.15, -0.1) is 0 Å². The van der Waals surface area contributed by atoms with E-state index in [0.717, 1.165) is 11.1 Å². The van der Waals surface area contributed by atoms with Crippen molar-refractivity contribution in [3.63, 3.8) is 0 Å². The van der Waals surface area contributed by atoms with E-state index in [1.807, 2.05) is 30.3 Å². The molecule has 38 heavy (non-hydrogen) atoms. The van der Waals surface area contributed by atoms with Crippen LogP contribution in [0.1, 0.15) is 24.0 Å². The molecule has 0 aliphatic carbocycles. The Labute approximate surface area is 222 Å². The lowest BCUT2D eigenvalue weighted by Crippen LogP contribution is -2.41. The molecule has 10 nitrogen and oxygen atoms in total. The Morgan fingerprint density at radius 3 is 2.47 bits per heavy atom. The molecule has 206 valence electrons. The van der Waals surface area contributed by atoms with E-state index in [0.29, 0.717) is 38.8 Å². The quantitative estimate of drug-likeness (QED) is 0.343. The summed E-state index contributed by atoms with van der Waals surface area (Å²) in [6.07, 6.45) is 1.06. The molecule has 0 spiro atoms. The van der Waals surface area contributed by atoms with Crippen molar-refractivity contribution in [2.24, 2.45) is 0 Å². The molecule has 2 atom stereocenters. The van der Waals surface area contributed by atoms with E-state index in [1.54, 1.807) is 24.3 Å². The SMILES string of the molecule is O=C(O)N1CCC(S(=O)(=O)c2ccc(CCNC[C@H](O)COC3=COC(Cc4ccccc4)O3)cc2)CC1. The number of hydrogen-bond donors (Lipinski definition) is 3. The van der Waals surface area contributed by atoms with Crippen molar-refractivity contribution in [2.75, 3.05) is 32.8 Å². The van der Waals surface area contributed by atoms with Crippen LogP contribution in [0.4, 0.5) is 4.79 Å². The lowest BCUT2D eigenvalue weighted by atomic mass is 10.1. The molecule has 3 N–H and O–H groups in total. The maximum Gasteiger partial charge on any atom is 0.407 e. The van der Waals surface area contributed by atoms with E-state index in [4.69, 9.17) is 19.3 Å². The van der Waals surface area contributed by atoms with E-state index >= 15 is 0 Å². The van der Waals surface area contributed by atoms with Gasteiger partial charge >= 0.3 is 12.0 Å². The molecule has 1 saturated heterocycles. The maximum atomic E-state index is 12.9. The summed E-state index contributed by atoms with van der Waals surface area (Å²) in [5, 5.41) is 21.8. The summed E-state index contributed by atoms with van der Waals surface area (Å²) >= 11 is 0. The molecule has 0 saturated carbocycles. The summed E-state index contributed by atoms with van der Waals surface area (Å²) in [6, 6.07) is 16.6. The number of piperidine rings is 1. The highest BCUT2D eigenvalue weighted by Gasteiger charge is 2.32. The Bertz CT molecular complexity index is 1180. The number of nitrogens with zero attached hydrogens (tertiary/aromatic N) is 1. The van der Waals surface area contributed by atoms with Gasteiger partial charge in [0.2, 0.25) is 6.29 Å². The van der Waals surface area contributed by atoms with Crippen molar-refractivity contribution in [3.05, 3.63) is 77.9 Å². The van der Waals surface area contributed by atoms with Crippen LogP contribution >= 0.6 is 0 Å². The Morgan fingerprint density at radius 1 is 1.08 bits per heavy atom. The number of benzene rings is 2. The smallest absolute Gasteiger partial charge is 0.407 e. The topological polar surface area (TPSA) is 135 Å². The van der Waals surface area contributed by atoms with Crippen molar-refractivity contribution in [1.29, 1.82) is 0 Å².